The van der Waals surface area contributed by atoms with Crippen LogP contribution in [-0.4, -0.2) is 22.5 Å². The number of sulfonamides is 1. The van der Waals surface area contributed by atoms with Gasteiger partial charge in [0.15, 0.2) is 5.03 Å². The molecule has 0 unspecified atom stereocenters. The average molecular weight is 436 g/mol. The number of hydrogen-bond donors (Lipinski definition) is 1. The Morgan fingerprint density at radius 1 is 0.968 bits per heavy atom. The summed E-state index contributed by atoms with van der Waals surface area (Å²) in [6, 6.07) is 17.3. The maximum absolute atomic E-state index is 12.7. The molecule has 4 rings (SSSR count). The van der Waals surface area contributed by atoms with Crippen molar-refractivity contribution in [3.63, 3.8) is 0 Å². The molecule has 0 aliphatic heterocycles. The van der Waals surface area contributed by atoms with Crippen LogP contribution in [0.15, 0.2) is 89.2 Å². The smallest absolute Gasteiger partial charge is 0.280 e. The van der Waals surface area contributed by atoms with Crippen molar-refractivity contribution >= 4 is 15.7 Å². The molecule has 0 atom stereocenters. The molecule has 0 aliphatic carbocycles. The Morgan fingerprint density at radius 3 is 2.42 bits per heavy atom. The first-order valence-electron chi connectivity index (χ1n) is 9.37. The molecule has 8 nitrogen and oxygen atoms in total. The largest absolute Gasteiger partial charge is 0.457 e. The van der Waals surface area contributed by atoms with E-state index in [2.05, 4.69) is 9.71 Å². The lowest BCUT2D eigenvalue weighted by atomic mass is 10.1. The van der Waals surface area contributed by atoms with Crippen LogP contribution in [0, 0.1) is 0 Å². The Balaban J connectivity index is 1.76. The molecule has 0 aliphatic rings. The van der Waals surface area contributed by atoms with Crippen LogP contribution in [0.2, 0.25) is 0 Å². The van der Waals surface area contributed by atoms with Gasteiger partial charge in [-0.3, -0.25) is 9.52 Å². The van der Waals surface area contributed by atoms with E-state index in [4.69, 9.17) is 4.74 Å². The van der Waals surface area contributed by atoms with Crippen molar-refractivity contribution in [2.45, 2.75) is 5.03 Å². The van der Waals surface area contributed by atoms with E-state index in [0.29, 0.717) is 28.3 Å². The fourth-order valence-electron chi connectivity index (χ4n) is 3.01. The van der Waals surface area contributed by atoms with E-state index in [0.717, 1.165) is 0 Å². The summed E-state index contributed by atoms with van der Waals surface area (Å²) in [6.45, 7) is 0. The Morgan fingerprint density at radius 2 is 1.74 bits per heavy atom. The number of imidazole rings is 1. The van der Waals surface area contributed by atoms with Crippen molar-refractivity contribution in [3.8, 4) is 22.6 Å². The van der Waals surface area contributed by atoms with Crippen LogP contribution < -0.4 is 15.0 Å². The summed E-state index contributed by atoms with van der Waals surface area (Å²) < 4.78 is 36.9. The van der Waals surface area contributed by atoms with Gasteiger partial charge in [0.05, 0.1) is 6.33 Å². The molecule has 4 aromatic rings. The molecule has 0 fully saturated rings. The zero-order valence-electron chi connectivity index (χ0n) is 16.9. The van der Waals surface area contributed by atoms with E-state index in [9.17, 15) is 13.2 Å². The Labute approximate surface area is 179 Å². The van der Waals surface area contributed by atoms with Crippen molar-refractivity contribution in [2.75, 3.05) is 4.72 Å². The standard InChI is InChI=1S/C22H20N4O4S/c1-25-14-21(23-15-25)31(28,29)24-17-9-10-20(30-18-6-4-3-5-7-18)19(12-17)16-8-11-22(27)26(2)13-16/h3-15,24H,1-2H3. The Hall–Kier alpha value is -3.85. The number of anilines is 1. The zero-order valence-corrected chi connectivity index (χ0v) is 17.7. The topological polar surface area (TPSA) is 95.2 Å². The molecule has 2 heterocycles. The second kappa shape index (κ2) is 8.11. The molecule has 0 saturated heterocycles. The molecule has 2 aromatic carbocycles. The van der Waals surface area contributed by atoms with Crippen LogP contribution in [0.3, 0.4) is 0 Å². The predicted molar refractivity (Wildman–Crippen MR) is 118 cm³/mol. The number of hydrogen-bond acceptors (Lipinski definition) is 5. The number of nitrogens with zero attached hydrogens (tertiary/aromatic N) is 3. The third-order valence-electron chi connectivity index (χ3n) is 4.56. The molecule has 0 saturated carbocycles. The van der Waals surface area contributed by atoms with Crippen LogP contribution in [0.5, 0.6) is 11.5 Å². The molecule has 0 amide bonds. The maximum atomic E-state index is 12.7. The van der Waals surface area contributed by atoms with Crippen molar-refractivity contribution < 1.29 is 13.2 Å². The summed E-state index contributed by atoms with van der Waals surface area (Å²) in [7, 11) is -0.512. The summed E-state index contributed by atoms with van der Waals surface area (Å²) in [5, 5.41) is -0.0803. The number of pyridine rings is 1. The number of aromatic nitrogens is 3. The second-order valence-electron chi connectivity index (χ2n) is 6.98. The molecule has 158 valence electrons. The minimum absolute atomic E-state index is 0.0803. The SMILES string of the molecule is Cn1cnc(S(=O)(=O)Nc2ccc(Oc3ccccc3)c(-c3ccc(=O)n(C)c3)c2)c1. The predicted octanol–water partition coefficient (Wildman–Crippen LogP) is 3.38. The second-order valence-corrected chi connectivity index (χ2v) is 8.61. The van der Waals surface area contributed by atoms with Crippen molar-refractivity contribution in [2.24, 2.45) is 14.1 Å². The van der Waals surface area contributed by atoms with Gasteiger partial charge >= 0.3 is 0 Å². The van der Waals surface area contributed by atoms with Crippen molar-refractivity contribution in [3.05, 3.63) is 89.7 Å². The number of para-hydroxylation sites is 1. The summed E-state index contributed by atoms with van der Waals surface area (Å²) in [5.41, 5.74) is 1.52. The van der Waals surface area contributed by atoms with Crippen molar-refractivity contribution in [1.29, 1.82) is 0 Å². The molecule has 2 aromatic heterocycles. The first-order valence-corrected chi connectivity index (χ1v) is 10.8. The minimum Gasteiger partial charge on any atom is -0.457 e. The van der Waals surface area contributed by atoms with Crippen LogP contribution in [0.25, 0.3) is 11.1 Å². The zero-order chi connectivity index (χ0) is 22.0. The Kier molecular flexibility index (Phi) is 5.35. The lowest BCUT2D eigenvalue weighted by Crippen LogP contribution is -2.14. The summed E-state index contributed by atoms with van der Waals surface area (Å²) >= 11 is 0. The Bertz CT molecular complexity index is 1390. The molecule has 0 radical (unpaired) electrons. The van der Waals surface area contributed by atoms with E-state index in [1.54, 1.807) is 49.1 Å². The summed E-state index contributed by atoms with van der Waals surface area (Å²) in [5.74, 6) is 1.15. The van der Waals surface area contributed by atoms with Gasteiger partial charge in [0.25, 0.3) is 10.0 Å². The number of aryl methyl sites for hydroxylation is 2. The van der Waals surface area contributed by atoms with Gasteiger partial charge in [-0.2, -0.15) is 8.42 Å². The third-order valence-corrected chi connectivity index (χ3v) is 5.82. The van der Waals surface area contributed by atoms with Gasteiger partial charge in [0.2, 0.25) is 5.56 Å². The molecular formula is C22H20N4O4S. The van der Waals surface area contributed by atoms with Crippen molar-refractivity contribution in [1.82, 2.24) is 14.1 Å². The number of benzene rings is 2. The van der Waals surface area contributed by atoms with E-state index >= 15 is 0 Å². The molecule has 0 spiro atoms. The number of nitrogens with one attached hydrogen (secondary N) is 1. The fraction of sp³-hybridized carbons (Fsp3) is 0.0909. The molecule has 0 bridgehead atoms. The summed E-state index contributed by atoms with van der Waals surface area (Å²) in [6.07, 6.45) is 4.51. The third kappa shape index (κ3) is 4.51. The van der Waals surface area contributed by atoms with Gasteiger partial charge in [0, 0.05) is 49.4 Å². The van der Waals surface area contributed by atoms with Gasteiger partial charge in [-0.05, 0) is 36.4 Å². The average Bonchev–Trinajstić information content (AvgIpc) is 3.19. The van der Waals surface area contributed by atoms with E-state index < -0.39 is 10.0 Å². The normalized spacial score (nSPS) is 11.3. The highest BCUT2D eigenvalue weighted by Gasteiger charge is 2.18. The van der Waals surface area contributed by atoms with Gasteiger partial charge < -0.3 is 13.9 Å². The quantitative estimate of drug-likeness (QED) is 0.500. The van der Waals surface area contributed by atoms with Crippen LogP contribution in [0.4, 0.5) is 5.69 Å². The lowest BCUT2D eigenvalue weighted by Gasteiger charge is -2.14. The van der Waals surface area contributed by atoms with E-state index in [-0.39, 0.29) is 10.6 Å². The fourth-order valence-corrected chi connectivity index (χ4v) is 4.04. The molecular weight excluding hydrogens is 416 g/mol. The summed E-state index contributed by atoms with van der Waals surface area (Å²) in [4.78, 5) is 15.7. The minimum atomic E-state index is -3.86. The number of ether oxygens (including phenoxy) is 1. The van der Waals surface area contributed by atoms with Crippen LogP contribution in [-0.2, 0) is 24.1 Å². The number of rotatable bonds is 6. The van der Waals surface area contributed by atoms with Gasteiger partial charge in [-0.15, -0.1) is 0 Å². The molecule has 1 N–H and O–H groups in total. The highest BCUT2D eigenvalue weighted by atomic mass is 32.2. The van der Waals surface area contributed by atoms with E-state index in [1.807, 2.05) is 30.3 Å². The molecule has 31 heavy (non-hydrogen) atoms. The van der Waals surface area contributed by atoms with Crippen LogP contribution >= 0.6 is 0 Å². The van der Waals surface area contributed by atoms with Gasteiger partial charge in [0.1, 0.15) is 11.5 Å². The highest BCUT2D eigenvalue weighted by molar-refractivity contribution is 7.92. The van der Waals surface area contributed by atoms with Gasteiger partial charge in [-0.1, -0.05) is 18.2 Å². The maximum Gasteiger partial charge on any atom is 0.280 e. The van der Waals surface area contributed by atoms with Crippen LogP contribution in [0.1, 0.15) is 0 Å². The lowest BCUT2D eigenvalue weighted by molar-refractivity contribution is 0.484. The molecule has 9 heteroatoms. The highest BCUT2D eigenvalue weighted by Crippen LogP contribution is 2.35. The monoisotopic (exact) mass is 436 g/mol. The first kappa shape index (κ1) is 20.4. The van der Waals surface area contributed by atoms with E-state index in [1.165, 1.54) is 23.2 Å². The van der Waals surface area contributed by atoms with Gasteiger partial charge in [-0.25, -0.2) is 4.98 Å². The first-order chi connectivity index (χ1) is 14.8.